The Kier molecular flexibility index (Phi) is 4.92. The molecule has 1 aliphatic heterocycles. The van der Waals surface area contributed by atoms with Gasteiger partial charge in [-0.1, -0.05) is 60.7 Å². The molecule has 0 spiro atoms. The zero-order valence-corrected chi connectivity index (χ0v) is 18.7. The standard InChI is InChI=1S/C29H21N3O3/c33-27(22-10-5-7-19-6-1-2-8-20(19)22)25-26(23-16-31-24-11-4-3-9-21(23)24)32(29(35)28(25)34)17-18-12-14-30-15-13-18/h1-16,26,31,33H,17H2/b27-25+. The van der Waals surface area contributed by atoms with Gasteiger partial charge in [0, 0.05) is 47.2 Å². The van der Waals surface area contributed by atoms with Crippen molar-refractivity contribution < 1.29 is 14.7 Å². The number of carbonyl (C=O) groups excluding carboxylic acids is 2. The third-order valence-electron chi connectivity index (χ3n) is 6.60. The van der Waals surface area contributed by atoms with Crippen LogP contribution in [0.4, 0.5) is 0 Å². The normalized spacial score (nSPS) is 17.5. The van der Waals surface area contributed by atoms with Crippen molar-refractivity contribution in [1.82, 2.24) is 14.9 Å². The van der Waals surface area contributed by atoms with Crippen molar-refractivity contribution in [2.24, 2.45) is 0 Å². The lowest BCUT2D eigenvalue weighted by molar-refractivity contribution is -0.140. The van der Waals surface area contributed by atoms with Gasteiger partial charge in [-0.2, -0.15) is 0 Å². The highest BCUT2D eigenvalue weighted by molar-refractivity contribution is 6.46. The molecule has 0 bridgehead atoms. The molecule has 0 saturated carbocycles. The number of nitrogens with zero attached hydrogens (tertiary/aromatic N) is 2. The van der Waals surface area contributed by atoms with E-state index in [1.54, 1.807) is 18.5 Å². The SMILES string of the molecule is O=C1C(=O)N(Cc2ccncc2)C(c2c[nH]c3ccccc23)/C1=C(\O)c1cccc2ccccc12. The predicted octanol–water partition coefficient (Wildman–Crippen LogP) is 5.34. The molecule has 170 valence electrons. The molecule has 0 radical (unpaired) electrons. The second-order valence-corrected chi connectivity index (χ2v) is 8.60. The van der Waals surface area contributed by atoms with Gasteiger partial charge in [0.2, 0.25) is 0 Å². The zero-order valence-electron chi connectivity index (χ0n) is 18.7. The molecule has 1 saturated heterocycles. The number of fused-ring (bicyclic) bond motifs is 2. The van der Waals surface area contributed by atoms with E-state index in [4.69, 9.17) is 0 Å². The number of aromatic amines is 1. The van der Waals surface area contributed by atoms with Crippen LogP contribution in [0.25, 0.3) is 27.4 Å². The van der Waals surface area contributed by atoms with Crippen molar-refractivity contribution in [3.8, 4) is 0 Å². The molecule has 6 heteroatoms. The lowest BCUT2D eigenvalue weighted by atomic mass is 9.93. The highest BCUT2D eigenvalue weighted by Crippen LogP contribution is 2.43. The maximum atomic E-state index is 13.5. The van der Waals surface area contributed by atoms with Gasteiger partial charge in [-0.05, 0) is 34.5 Å². The number of carbonyl (C=O) groups is 2. The van der Waals surface area contributed by atoms with Crippen LogP contribution in [-0.2, 0) is 16.1 Å². The third kappa shape index (κ3) is 3.38. The minimum atomic E-state index is -0.752. The Bertz CT molecular complexity index is 1630. The van der Waals surface area contributed by atoms with E-state index in [0.29, 0.717) is 5.56 Å². The number of hydrogen-bond donors (Lipinski definition) is 2. The molecule has 6 nitrogen and oxygen atoms in total. The van der Waals surface area contributed by atoms with Gasteiger partial charge in [-0.25, -0.2) is 0 Å². The maximum Gasteiger partial charge on any atom is 0.295 e. The Morgan fingerprint density at radius 2 is 1.60 bits per heavy atom. The average Bonchev–Trinajstić information content (AvgIpc) is 3.43. The largest absolute Gasteiger partial charge is 0.507 e. The average molecular weight is 460 g/mol. The number of benzene rings is 3. The summed E-state index contributed by atoms with van der Waals surface area (Å²) in [6.45, 7) is 0.212. The van der Waals surface area contributed by atoms with Crippen molar-refractivity contribution in [3.63, 3.8) is 0 Å². The fraction of sp³-hybridized carbons (Fsp3) is 0.0690. The predicted molar refractivity (Wildman–Crippen MR) is 134 cm³/mol. The molecule has 1 unspecified atom stereocenters. The molecule has 1 amide bonds. The summed E-state index contributed by atoms with van der Waals surface area (Å²) in [5, 5.41) is 14.2. The summed E-state index contributed by atoms with van der Waals surface area (Å²) in [5.74, 6) is -1.51. The van der Waals surface area contributed by atoms with Gasteiger partial charge >= 0.3 is 0 Å². The number of aromatic nitrogens is 2. The minimum absolute atomic E-state index is 0.0881. The monoisotopic (exact) mass is 459 g/mol. The fourth-order valence-electron chi connectivity index (χ4n) is 4.95. The van der Waals surface area contributed by atoms with Crippen molar-refractivity contribution in [1.29, 1.82) is 0 Å². The highest BCUT2D eigenvalue weighted by Gasteiger charge is 2.47. The van der Waals surface area contributed by atoms with E-state index in [-0.39, 0.29) is 17.9 Å². The highest BCUT2D eigenvalue weighted by atomic mass is 16.3. The van der Waals surface area contributed by atoms with Crippen LogP contribution in [-0.4, -0.2) is 31.7 Å². The van der Waals surface area contributed by atoms with Crippen LogP contribution >= 0.6 is 0 Å². The first-order valence-electron chi connectivity index (χ1n) is 11.3. The first-order valence-corrected chi connectivity index (χ1v) is 11.3. The summed E-state index contributed by atoms with van der Waals surface area (Å²) in [4.78, 5) is 35.7. The Morgan fingerprint density at radius 1 is 0.886 bits per heavy atom. The van der Waals surface area contributed by atoms with Gasteiger partial charge in [0.05, 0.1) is 11.6 Å². The van der Waals surface area contributed by atoms with E-state index in [0.717, 1.165) is 32.8 Å². The summed E-state index contributed by atoms with van der Waals surface area (Å²) in [6.07, 6.45) is 5.13. The Morgan fingerprint density at radius 3 is 2.43 bits per heavy atom. The summed E-state index contributed by atoms with van der Waals surface area (Å²) >= 11 is 0. The molecule has 3 aromatic carbocycles. The second kappa shape index (κ2) is 8.25. The van der Waals surface area contributed by atoms with Gasteiger partial charge in [-0.3, -0.25) is 14.6 Å². The first kappa shape index (κ1) is 20.9. The number of hydrogen-bond acceptors (Lipinski definition) is 4. The molecular formula is C29H21N3O3. The molecular weight excluding hydrogens is 438 g/mol. The number of pyridine rings is 1. The number of amides is 1. The molecule has 1 fully saturated rings. The number of ketones is 1. The van der Waals surface area contributed by atoms with Crippen LogP contribution in [0.5, 0.6) is 0 Å². The van der Waals surface area contributed by atoms with Gasteiger partial charge in [0.1, 0.15) is 5.76 Å². The summed E-state index contributed by atoms with van der Waals surface area (Å²) < 4.78 is 0. The molecule has 3 heterocycles. The zero-order chi connectivity index (χ0) is 23.9. The van der Waals surface area contributed by atoms with Crippen molar-refractivity contribution in [3.05, 3.63) is 120 Å². The maximum absolute atomic E-state index is 13.5. The number of rotatable bonds is 4. The van der Waals surface area contributed by atoms with Gasteiger partial charge in [0.15, 0.2) is 0 Å². The van der Waals surface area contributed by atoms with Crippen LogP contribution in [0.1, 0.15) is 22.7 Å². The number of aliphatic hydroxyl groups excluding tert-OH is 1. The lowest BCUT2D eigenvalue weighted by Crippen LogP contribution is -2.29. The van der Waals surface area contributed by atoms with Gasteiger partial charge in [0.25, 0.3) is 11.7 Å². The quantitative estimate of drug-likeness (QED) is 0.216. The number of likely N-dealkylation sites (tertiary alicyclic amines) is 1. The second-order valence-electron chi connectivity index (χ2n) is 8.60. The van der Waals surface area contributed by atoms with Gasteiger partial charge < -0.3 is 15.0 Å². The van der Waals surface area contributed by atoms with Crippen molar-refractivity contribution in [2.45, 2.75) is 12.6 Å². The summed E-state index contributed by atoms with van der Waals surface area (Å²) in [7, 11) is 0. The molecule has 6 rings (SSSR count). The molecule has 1 atom stereocenters. The third-order valence-corrected chi connectivity index (χ3v) is 6.60. The van der Waals surface area contributed by atoms with Gasteiger partial charge in [-0.15, -0.1) is 0 Å². The molecule has 1 aliphatic rings. The topological polar surface area (TPSA) is 86.3 Å². The molecule has 2 N–H and O–H groups in total. The van der Waals surface area contributed by atoms with E-state index in [2.05, 4.69) is 9.97 Å². The van der Waals surface area contributed by atoms with Crippen molar-refractivity contribution in [2.75, 3.05) is 0 Å². The Hall–Kier alpha value is -4.71. The van der Waals surface area contributed by atoms with Crippen LogP contribution in [0, 0.1) is 0 Å². The van der Waals surface area contributed by atoms with E-state index in [1.807, 2.05) is 79.0 Å². The van der Waals surface area contributed by atoms with E-state index in [1.165, 1.54) is 4.90 Å². The lowest BCUT2D eigenvalue weighted by Gasteiger charge is -2.25. The van der Waals surface area contributed by atoms with E-state index >= 15 is 0 Å². The number of Topliss-reactive ketones (excluding diaryl/α,β-unsaturated/α-hetero) is 1. The van der Waals surface area contributed by atoms with Crippen LogP contribution in [0.3, 0.4) is 0 Å². The molecule has 35 heavy (non-hydrogen) atoms. The minimum Gasteiger partial charge on any atom is -0.507 e. The van der Waals surface area contributed by atoms with Crippen LogP contribution in [0.2, 0.25) is 0 Å². The number of aliphatic hydroxyl groups is 1. The fourth-order valence-corrected chi connectivity index (χ4v) is 4.95. The summed E-state index contributed by atoms with van der Waals surface area (Å²) in [6, 6.07) is 23.8. The molecule has 2 aromatic heterocycles. The van der Waals surface area contributed by atoms with E-state index < -0.39 is 17.7 Å². The Labute approximate surface area is 201 Å². The number of nitrogens with one attached hydrogen (secondary N) is 1. The Balaban J connectivity index is 1.59. The van der Waals surface area contributed by atoms with Crippen LogP contribution < -0.4 is 0 Å². The number of para-hydroxylation sites is 1. The summed E-state index contributed by atoms with van der Waals surface area (Å²) in [5.41, 5.74) is 3.11. The first-order chi connectivity index (χ1) is 17.1. The smallest absolute Gasteiger partial charge is 0.295 e. The van der Waals surface area contributed by atoms with E-state index in [9.17, 15) is 14.7 Å². The molecule has 0 aliphatic carbocycles. The van der Waals surface area contributed by atoms with Crippen molar-refractivity contribution >= 4 is 39.1 Å². The van der Waals surface area contributed by atoms with Crippen LogP contribution in [0.15, 0.2) is 103 Å². The molecule has 5 aromatic rings. The number of H-pyrrole nitrogens is 1.